The van der Waals surface area contributed by atoms with Gasteiger partial charge in [0.1, 0.15) is 6.10 Å². The van der Waals surface area contributed by atoms with Crippen molar-refractivity contribution in [3.8, 4) is 5.19 Å². The molecule has 0 bridgehead atoms. The molecule has 0 unspecified atom stereocenters. The molecule has 1 aromatic carbocycles. The Bertz CT molecular complexity index is 1210. The summed E-state index contributed by atoms with van der Waals surface area (Å²) in [5, 5.41) is 0.644. The molecule has 2 aliphatic rings. The summed E-state index contributed by atoms with van der Waals surface area (Å²) >= 11 is 1.53. The van der Waals surface area contributed by atoms with Crippen molar-refractivity contribution < 1.29 is 22.7 Å². The number of likely N-dealkylation sites (tertiary alicyclic amines) is 1. The number of carbonyl (C=O) groups excluding carboxylic acids is 1. The van der Waals surface area contributed by atoms with Crippen LogP contribution in [0.25, 0.3) is 15.8 Å². The fraction of sp³-hybridized carbons (Fsp3) is 0.615. The van der Waals surface area contributed by atoms with E-state index in [0.717, 1.165) is 28.6 Å². The van der Waals surface area contributed by atoms with Gasteiger partial charge in [-0.15, -0.1) is 0 Å². The van der Waals surface area contributed by atoms with E-state index in [0.29, 0.717) is 50.8 Å². The number of fused-ring (bicyclic) bond motifs is 1. The molecule has 0 N–H and O–H groups in total. The van der Waals surface area contributed by atoms with Crippen molar-refractivity contribution in [1.29, 1.82) is 0 Å². The lowest BCUT2D eigenvalue weighted by Gasteiger charge is -2.31. The van der Waals surface area contributed by atoms with E-state index in [1.807, 2.05) is 39.8 Å². The zero-order valence-electron chi connectivity index (χ0n) is 21.7. The second-order valence-corrected chi connectivity index (χ2v) is 13.8. The smallest absolute Gasteiger partial charge is 0.409 e. The zero-order valence-corrected chi connectivity index (χ0v) is 23.3. The SMILES string of the molecule is CCCS(=O)(=O)N1CC=C(c2ccc3nc(OC4CCN(C(=O)OCC(C)(C)C)CC4)sc3c2)CC1. The summed E-state index contributed by atoms with van der Waals surface area (Å²) in [6.45, 7) is 10.6. The molecule has 10 heteroatoms. The Hall–Kier alpha value is -2.17. The van der Waals surface area contributed by atoms with Crippen LogP contribution in [-0.4, -0.2) is 73.3 Å². The Morgan fingerprint density at radius 2 is 1.94 bits per heavy atom. The first-order valence-corrected chi connectivity index (χ1v) is 15.1. The highest BCUT2D eigenvalue weighted by atomic mass is 32.2. The fourth-order valence-electron chi connectivity index (χ4n) is 4.37. The van der Waals surface area contributed by atoms with Gasteiger partial charge < -0.3 is 14.4 Å². The van der Waals surface area contributed by atoms with Crippen molar-refractivity contribution in [1.82, 2.24) is 14.2 Å². The lowest BCUT2D eigenvalue weighted by molar-refractivity contribution is 0.0497. The summed E-state index contributed by atoms with van der Waals surface area (Å²) in [5.74, 6) is 0.200. The van der Waals surface area contributed by atoms with Crippen LogP contribution in [0.15, 0.2) is 24.3 Å². The molecule has 198 valence electrons. The predicted molar refractivity (Wildman–Crippen MR) is 144 cm³/mol. The highest BCUT2D eigenvalue weighted by Crippen LogP contribution is 2.33. The first-order chi connectivity index (χ1) is 17.0. The number of hydrogen-bond acceptors (Lipinski definition) is 7. The second kappa shape index (κ2) is 11.1. The molecule has 0 saturated carbocycles. The van der Waals surface area contributed by atoms with E-state index >= 15 is 0 Å². The minimum atomic E-state index is -3.17. The van der Waals surface area contributed by atoms with Gasteiger partial charge in [0, 0.05) is 39.0 Å². The van der Waals surface area contributed by atoms with Gasteiger partial charge in [0.15, 0.2) is 0 Å². The monoisotopic (exact) mass is 535 g/mol. The molecule has 0 atom stereocenters. The maximum Gasteiger partial charge on any atom is 0.409 e. The van der Waals surface area contributed by atoms with Crippen LogP contribution in [0.4, 0.5) is 4.79 Å². The van der Waals surface area contributed by atoms with E-state index in [2.05, 4.69) is 17.1 Å². The number of aromatic nitrogens is 1. The average Bonchev–Trinajstić information content (AvgIpc) is 3.24. The van der Waals surface area contributed by atoms with Crippen LogP contribution in [0.2, 0.25) is 0 Å². The molecule has 1 saturated heterocycles. The van der Waals surface area contributed by atoms with Crippen molar-refractivity contribution in [2.24, 2.45) is 5.41 Å². The molecular formula is C26H37N3O5S2. The van der Waals surface area contributed by atoms with Crippen LogP contribution in [0, 0.1) is 5.41 Å². The van der Waals surface area contributed by atoms with Gasteiger partial charge in [-0.05, 0) is 41.5 Å². The Morgan fingerprint density at radius 1 is 1.19 bits per heavy atom. The van der Waals surface area contributed by atoms with Crippen LogP contribution >= 0.6 is 11.3 Å². The number of rotatable bonds is 7. The largest absolute Gasteiger partial charge is 0.467 e. The number of hydrogen-bond donors (Lipinski definition) is 0. The minimum Gasteiger partial charge on any atom is -0.467 e. The standard InChI is InChI=1S/C26H37N3O5S2/c1-5-16-36(31,32)29-14-8-19(9-15-29)20-6-7-22-23(17-20)35-24(27-22)34-21-10-12-28(13-11-21)25(30)33-18-26(2,3)4/h6-8,17,21H,5,9-16,18H2,1-4H3. The van der Waals surface area contributed by atoms with E-state index in [9.17, 15) is 13.2 Å². The Balaban J connectivity index is 1.33. The second-order valence-electron chi connectivity index (χ2n) is 10.7. The third-order valence-corrected chi connectivity index (χ3v) is 9.31. The summed E-state index contributed by atoms with van der Waals surface area (Å²) in [6, 6.07) is 6.17. The summed E-state index contributed by atoms with van der Waals surface area (Å²) in [7, 11) is -3.17. The number of ether oxygens (including phenoxy) is 2. The van der Waals surface area contributed by atoms with Crippen LogP contribution in [0.5, 0.6) is 5.19 Å². The van der Waals surface area contributed by atoms with Gasteiger partial charge >= 0.3 is 6.09 Å². The molecule has 8 nitrogen and oxygen atoms in total. The first-order valence-electron chi connectivity index (χ1n) is 12.7. The van der Waals surface area contributed by atoms with Crippen LogP contribution < -0.4 is 4.74 Å². The highest BCUT2D eigenvalue weighted by molar-refractivity contribution is 7.89. The molecule has 4 rings (SSSR count). The van der Waals surface area contributed by atoms with E-state index in [4.69, 9.17) is 9.47 Å². The molecule has 2 aliphatic heterocycles. The fourth-order valence-corrected chi connectivity index (χ4v) is 6.74. The van der Waals surface area contributed by atoms with Crippen molar-refractivity contribution >= 4 is 43.2 Å². The predicted octanol–water partition coefficient (Wildman–Crippen LogP) is 5.15. The van der Waals surface area contributed by atoms with Gasteiger partial charge in [0.05, 0.1) is 22.6 Å². The number of piperidine rings is 1. The molecule has 0 radical (unpaired) electrons. The summed E-state index contributed by atoms with van der Waals surface area (Å²) in [6.07, 6.45) is 4.62. The van der Waals surface area contributed by atoms with E-state index in [1.54, 1.807) is 9.21 Å². The van der Waals surface area contributed by atoms with Gasteiger partial charge in [-0.25, -0.2) is 18.2 Å². The molecule has 3 heterocycles. The van der Waals surface area contributed by atoms with Crippen LogP contribution in [0.3, 0.4) is 0 Å². The topological polar surface area (TPSA) is 89.0 Å². The van der Waals surface area contributed by atoms with Gasteiger partial charge in [-0.3, -0.25) is 0 Å². The summed E-state index contributed by atoms with van der Waals surface area (Å²) in [4.78, 5) is 18.7. The number of nitrogens with zero attached hydrogens (tertiary/aromatic N) is 3. The first kappa shape index (κ1) is 26.9. The molecule has 1 aromatic heterocycles. The lowest BCUT2D eigenvalue weighted by atomic mass is 9.99. The van der Waals surface area contributed by atoms with Crippen LogP contribution in [0.1, 0.15) is 58.9 Å². The number of carbonyl (C=O) groups is 1. The molecule has 0 aliphatic carbocycles. The Morgan fingerprint density at radius 3 is 2.58 bits per heavy atom. The Kier molecular flexibility index (Phi) is 8.26. The molecule has 0 spiro atoms. The van der Waals surface area contributed by atoms with Crippen molar-refractivity contribution in [2.75, 3.05) is 38.5 Å². The van der Waals surface area contributed by atoms with Gasteiger partial charge in [-0.2, -0.15) is 4.31 Å². The molecule has 2 aromatic rings. The van der Waals surface area contributed by atoms with Gasteiger partial charge in [0.25, 0.3) is 5.19 Å². The summed E-state index contributed by atoms with van der Waals surface area (Å²) < 4.78 is 38.9. The maximum atomic E-state index is 12.3. The third-order valence-electron chi connectivity index (χ3n) is 6.36. The highest BCUT2D eigenvalue weighted by Gasteiger charge is 2.27. The number of thiazole rings is 1. The minimum absolute atomic E-state index is 0.0220. The molecule has 1 amide bonds. The van der Waals surface area contributed by atoms with Gasteiger partial charge in [-0.1, -0.05) is 51.2 Å². The Labute approximate surface area is 218 Å². The normalized spacial score (nSPS) is 18.3. The van der Waals surface area contributed by atoms with Crippen molar-refractivity contribution in [3.05, 3.63) is 29.8 Å². The van der Waals surface area contributed by atoms with E-state index in [-0.39, 0.29) is 23.4 Å². The van der Waals surface area contributed by atoms with E-state index < -0.39 is 10.0 Å². The average molecular weight is 536 g/mol. The van der Waals surface area contributed by atoms with Crippen molar-refractivity contribution in [3.63, 3.8) is 0 Å². The lowest BCUT2D eigenvalue weighted by Crippen LogP contribution is -2.42. The van der Waals surface area contributed by atoms with E-state index in [1.165, 1.54) is 16.9 Å². The maximum absolute atomic E-state index is 12.3. The summed E-state index contributed by atoms with van der Waals surface area (Å²) in [5.41, 5.74) is 3.12. The quantitative estimate of drug-likeness (QED) is 0.487. The van der Waals surface area contributed by atoms with Crippen LogP contribution in [-0.2, 0) is 14.8 Å². The van der Waals surface area contributed by atoms with Crippen molar-refractivity contribution in [2.45, 2.75) is 59.5 Å². The molecule has 36 heavy (non-hydrogen) atoms. The molecule has 1 fully saturated rings. The number of amides is 1. The number of benzene rings is 1. The third kappa shape index (κ3) is 6.77. The number of sulfonamides is 1. The molecular weight excluding hydrogens is 498 g/mol. The van der Waals surface area contributed by atoms with Gasteiger partial charge in [0.2, 0.25) is 10.0 Å². The zero-order chi connectivity index (χ0) is 25.9.